The minimum atomic E-state index is -0.0952. The lowest BCUT2D eigenvalue weighted by molar-refractivity contribution is -0.117. The Bertz CT molecular complexity index is 1530. The van der Waals surface area contributed by atoms with Gasteiger partial charge in [-0.3, -0.25) is 18.8 Å². The third-order valence-electron chi connectivity index (χ3n) is 7.63. The van der Waals surface area contributed by atoms with Crippen molar-refractivity contribution in [2.75, 3.05) is 17.2 Å². The first kappa shape index (κ1) is 24.1. The van der Waals surface area contributed by atoms with Crippen molar-refractivity contribution in [1.29, 1.82) is 0 Å². The van der Waals surface area contributed by atoms with E-state index in [2.05, 4.69) is 36.2 Å². The first-order valence-electron chi connectivity index (χ1n) is 13.4. The van der Waals surface area contributed by atoms with Gasteiger partial charge in [-0.15, -0.1) is 21.5 Å². The topological polar surface area (TPSA) is 145 Å². The molecule has 0 aromatic carbocycles. The van der Waals surface area contributed by atoms with E-state index in [-0.39, 0.29) is 23.8 Å². The highest BCUT2D eigenvalue weighted by molar-refractivity contribution is 7.17. The van der Waals surface area contributed by atoms with Gasteiger partial charge in [-0.05, 0) is 56.4 Å². The predicted octanol–water partition coefficient (Wildman–Crippen LogP) is 3.69. The van der Waals surface area contributed by atoms with Crippen LogP contribution in [0.25, 0.3) is 11.6 Å². The molecule has 2 saturated carbocycles. The van der Waals surface area contributed by atoms with Gasteiger partial charge in [0, 0.05) is 36.5 Å². The summed E-state index contributed by atoms with van der Waals surface area (Å²) >= 11 is 1.55. The zero-order valence-electron chi connectivity index (χ0n) is 21.5. The molecule has 3 aliphatic carbocycles. The number of aryl methyl sites for hydroxylation is 2. The Morgan fingerprint density at radius 1 is 1.21 bits per heavy atom. The molecule has 0 saturated heterocycles. The Hall–Kier alpha value is -4.00. The number of hydrogen-bond acceptors (Lipinski definition) is 9. The molecule has 3 aliphatic rings. The summed E-state index contributed by atoms with van der Waals surface area (Å²) in [6.07, 6.45) is 11.3. The molecule has 4 heterocycles. The Balaban J connectivity index is 1.14. The molecular weight excluding hydrogens is 518 g/mol. The third kappa shape index (κ3) is 4.82. The summed E-state index contributed by atoms with van der Waals surface area (Å²) in [5.41, 5.74) is 2.25. The third-order valence-corrected chi connectivity index (χ3v) is 8.84. The Morgan fingerprint density at radius 2 is 2.08 bits per heavy atom. The van der Waals surface area contributed by atoms with Crippen LogP contribution in [0, 0.1) is 11.8 Å². The lowest BCUT2D eigenvalue weighted by Crippen LogP contribution is -2.28. The van der Waals surface area contributed by atoms with Crippen LogP contribution in [0.1, 0.15) is 58.9 Å². The summed E-state index contributed by atoms with van der Waals surface area (Å²) in [4.78, 5) is 31.4. The highest BCUT2D eigenvalue weighted by Gasteiger charge is 2.35. The zero-order valence-corrected chi connectivity index (χ0v) is 22.3. The number of hydrogen-bond donors (Lipinski definition) is 3. The van der Waals surface area contributed by atoms with E-state index >= 15 is 0 Å². The fraction of sp³-hybridized carbons (Fsp3) is 0.462. The molecule has 7 rings (SSSR count). The first-order valence-corrected chi connectivity index (χ1v) is 14.2. The van der Waals surface area contributed by atoms with Crippen molar-refractivity contribution >= 4 is 39.9 Å². The largest absolute Gasteiger partial charge is 0.443 e. The number of rotatable bonds is 9. The second-order valence-electron chi connectivity index (χ2n) is 10.6. The molecule has 39 heavy (non-hydrogen) atoms. The number of amides is 2. The van der Waals surface area contributed by atoms with Gasteiger partial charge in [0.2, 0.25) is 17.7 Å². The molecule has 4 aromatic heterocycles. The number of carbonyl (C=O) groups is 2. The molecule has 0 radical (unpaired) electrons. The molecule has 3 N–H and O–H groups in total. The monoisotopic (exact) mass is 547 g/mol. The van der Waals surface area contributed by atoms with Gasteiger partial charge in [-0.1, -0.05) is 0 Å². The maximum atomic E-state index is 13.4. The molecule has 202 valence electrons. The molecule has 0 unspecified atom stereocenters. The van der Waals surface area contributed by atoms with Crippen LogP contribution in [0.5, 0.6) is 0 Å². The molecule has 2 fully saturated rings. The van der Waals surface area contributed by atoms with Crippen LogP contribution in [-0.4, -0.2) is 47.9 Å². The molecule has 0 spiro atoms. The molecule has 0 aliphatic heterocycles. The fourth-order valence-corrected chi connectivity index (χ4v) is 6.33. The SMILES string of the molecule is Cn1nc(-c2ncco2)cc1Nc1nncn1[C@H]1CCc2sc(NC(=O)C3CC3)c(C(=O)NCC3CC3)c2C1. The molecule has 0 bridgehead atoms. The van der Waals surface area contributed by atoms with Crippen molar-refractivity contribution in [2.24, 2.45) is 18.9 Å². The summed E-state index contributed by atoms with van der Waals surface area (Å²) in [6, 6.07) is 1.89. The molecule has 12 nitrogen and oxygen atoms in total. The van der Waals surface area contributed by atoms with E-state index in [1.54, 1.807) is 28.5 Å². The van der Waals surface area contributed by atoms with E-state index in [0.717, 1.165) is 49.9 Å². The first-order chi connectivity index (χ1) is 19.0. The summed E-state index contributed by atoms with van der Waals surface area (Å²) < 4.78 is 9.10. The van der Waals surface area contributed by atoms with Crippen molar-refractivity contribution in [3.8, 4) is 11.6 Å². The van der Waals surface area contributed by atoms with Crippen molar-refractivity contribution in [3.05, 3.63) is 40.9 Å². The summed E-state index contributed by atoms with van der Waals surface area (Å²) in [7, 11) is 1.83. The number of aromatic nitrogens is 6. The summed E-state index contributed by atoms with van der Waals surface area (Å²) in [6.45, 7) is 0.683. The van der Waals surface area contributed by atoms with Crippen LogP contribution in [0.4, 0.5) is 16.8 Å². The van der Waals surface area contributed by atoms with E-state index in [1.165, 1.54) is 11.1 Å². The number of thiophene rings is 1. The normalized spacial score (nSPS) is 18.5. The van der Waals surface area contributed by atoms with E-state index in [0.29, 0.717) is 47.0 Å². The van der Waals surface area contributed by atoms with Crippen molar-refractivity contribution < 1.29 is 14.0 Å². The van der Waals surface area contributed by atoms with Crippen molar-refractivity contribution in [1.82, 2.24) is 34.8 Å². The maximum Gasteiger partial charge on any atom is 0.254 e. The summed E-state index contributed by atoms with van der Waals surface area (Å²) in [5.74, 6) is 2.31. The van der Waals surface area contributed by atoms with Gasteiger partial charge in [0.25, 0.3) is 5.91 Å². The van der Waals surface area contributed by atoms with Crippen LogP contribution < -0.4 is 16.0 Å². The van der Waals surface area contributed by atoms with Gasteiger partial charge in [0.15, 0.2) is 0 Å². The number of carbonyl (C=O) groups excluding carboxylic acids is 2. The van der Waals surface area contributed by atoms with Gasteiger partial charge < -0.3 is 20.4 Å². The quantitative estimate of drug-likeness (QED) is 0.288. The van der Waals surface area contributed by atoms with E-state index in [1.807, 2.05) is 17.7 Å². The second-order valence-corrected chi connectivity index (χ2v) is 11.7. The number of oxazole rings is 1. The lowest BCUT2D eigenvalue weighted by atomic mass is 9.91. The maximum absolute atomic E-state index is 13.4. The highest BCUT2D eigenvalue weighted by atomic mass is 32.1. The minimum absolute atomic E-state index is 0.0204. The highest BCUT2D eigenvalue weighted by Crippen LogP contribution is 2.43. The van der Waals surface area contributed by atoms with Crippen LogP contribution >= 0.6 is 11.3 Å². The van der Waals surface area contributed by atoms with E-state index in [4.69, 9.17) is 4.42 Å². The van der Waals surface area contributed by atoms with Crippen molar-refractivity contribution in [2.45, 2.75) is 51.0 Å². The number of nitrogens with one attached hydrogen (secondary N) is 3. The van der Waals surface area contributed by atoms with Gasteiger partial charge in [0.05, 0.1) is 11.8 Å². The zero-order chi connectivity index (χ0) is 26.5. The lowest BCUT2D eigenvalue weighted by Gasteiger charge is -2.25. The molecule has 2 amide bonds. The number of anilines is 3. The fourth-order valence-electron chi connectivity index (χ4n) is 5.09. The average Bonchev–Trinajstić information content (AvgIpc) is 3.75. The van der Waals surface area contributed by atoms with Gasteiger partial charge in [-0.2, -0.15) is 5.10 Å². The molecule has 4 aromatic rings. The van der Waals surface area contributed by atoms with Crippen molar-refractivity contribution in [3.63, 3.8) is 0 Å². The Kier molecular flexibility index (Phi) is 5.94. The number of fused-ring (bicyclic) bond motifs is 1. The molecular formula is C26H29N9O3S. The van der Waals surface area contributed by atoms with E-state index < -0.39 is 0 Å². The predicted molar refractivity (Wildman–Crippen MR) is 144 cm³/mol. The summed E-state index contributed by atoms with van der Waals surface area (Å²) in [5, 5.41) is 23.2. The average molecular weight is 548 g/mol. The van der Waals surface area contributed by atoms with Gasteiger partial charge in [0.1, 0.15) is 29.1 Å². The van der Waals surface area contributed by atoms with E-state index in [9.17, 15) is 9.59 Å². The minimum Gasteiger partial charge on any atom is -0.443 e. The molecule has 13 heteroatoms. The second kappa shape index (κ2) is 9.63. The van der Waals surface area contributed by atoms with Crippen LogP contribution in [0.2, 0.25) is 0 Å². The van der Waals surface area contributed by atoms with Crippen LogP contribution in [0.15, 0.2) is 29.3 Å². The van der Waals surface area contributed by atoms with Crippen LogP contribution in [0.3, 0.4) is 0 Å². The standard InChI is InChI=1S/C26H29N9O3S/c1-34-20(11-18(33-34)24-27-8-9-38-24)30-26-32-29-13-35(26)16-6-7-19-17(10-16)21(23(37)28-12-14-2-3-14)25(39-19)31-22(36)15-4-5-15/h8-9,11,13-16H,2-7,10,12H2,1H3,(H,28,37)(H,30,32)(H,31,36)/t16-/m0/s1. The number of nitrogens with zero attached hydrogens (tertiary/aromatic N) is 6. The van der Waals surface area contributed by atoms with Crippen LogP contribution in [-0.2, 0) is 24.7 Å². The Labute approximate surface area is 228 Å². The smallest absolute Gasteiger partial charge is 0.254 e. The molecule has 1 atom stereocenters. The van der Waals surface area contributed by atoms with Gasteiger partial charge >= 0.3 is 0 Å². The Morgan fingerprint density at radius 3 is 2.85 bits per heavy atom. The van der Waals surface area contributed by atoms with Gasteiger partial charge in [-0.25, -0.2) is 4.98 Å².